The van der Waals surface area contributed by atoms with Crippen LogP contribution in [0, 0.1) is 5.92 Å². The first-order valence-electron chi connectivity index (χ1n) is 9.02. The third kappa shape index (κ3) is 4.55. The van der Waals surface area contributed by atoms with Crippen molar-refractivity contribution < 1.29 is 4.79 Å². The number of fused-ring (bicyclic) bond motifs is 2. The van der Waals surface area contributed by atoms with Gasteiger partial charge in [-0.25, -0.2) is 0 Å². The van der Waals surface area contributed by atoms with Crippen LogP contribution >= 0.6 is 0 Å². The Kier molecular flexibility index (Phi) is 5.68. The fourth-order valence-corrected chi connectivity index (χ4v) is 4.10. The molecule has 23 heavy (non-hydrogen) atoms. The number of hydrogen-bond acceptors (Lipinski definition) is 3. The van der Waals surface area contributed by atoms with Crippen molar-refractivity contribution in [3.05, 3.63) is 35.9 Å². The molecule has 2 heterocycles. The molecule has 0 aromatic heterocycles. The van der Waals surface area contributed by atoms with Crippen molar-refractivity contribution in [2.24, 2.45) is 11.7 Å². The summed E-state index contributed by atoms with van der Waals surface area (Å²) in [5.74, 6) is 0.853. The zero-order chi connectivity index (χ0) is 16.1. The van der Waals surface area contributed by atoms with Gasteiger partial charge in [-0.2, -0.15) is 0 Å². The Morgan fingerprint density at radius 2 is 1.87 bits per heavy atom. The normalized spacial score (nSPS) is 26.2. The van der Waals surface area contributed by atoms with Crippen molar-refractivity contribution in [2.75, 3.05) is 13.1 Å². The minimum atomic E-state index is 0.300. The first kappa shape index (κ1) is 16.5. The summed E-state index contributed by atoms with van der Waals surface area (Å²) in [4.78, 5) is 14.8. The van der Waals surface area contributed by atoms with Gasteiger partial charge >= 0.3 is 0 Å². The van der Waals surface area contributed by atoms with Gasteiger partial charge in [-0.05, 0) is 50.1 Å². The fraction of sp³-hybridized carbons (Fsp3) is 0.632. The highest BCUT2D eigenvalue weighted by Gasteiger charge is 2.34. The zero-order valence-electron chi connectivity index (χ0n) is 13.9. The van der Waals surface area contributed by atoms with Crippen LogP contribution in [0.4, 0.5) is 0 Å². The fourth-order valence-electron chi connectivity index (χ4n) is 4.10. The zero-order valence-corrected chi connectivity index (χ0v) is 13.9. The first-order chi connectivity index (χ1) is 11.2. The molecule has 2 saturated heterocycles. The van der Waals surface area contributed by atoms with Gasteiger partial charge in [-0.3, -0.25) is 4.79 Å². The van der Waals surface area contributed by atoms with Crippen molar-refractivity contribution in [1.29, 1.82) is 0 Å². The van der Waals surface area contributed by atoms with E-state index in [-0.39, 0.29) is 0 Å². The number of carbonyl (C=O) groups is 1. The Morgan fingerprint density at radius 1 is 1.17 bits per heavy atom. The molecule has 0 radical (unpaired) electrons. The van der Waals surface area contributed by atoms with Crippen LogP contribution in [0.2, 0.25) is 0 Å². The maximum absolute atomic E-state index is 12.8. The quantitative estimate of drug-likeness (QED) is 0.811. The lowest BCUT2D eigenvalue weighted by Gasteiger charge is -2.31. The molecule has 2 aliphatic heterocycles. The average Bonchev–Trinajstić information content (AvgIpc) is 2.91. The Hall–Kier alpha value is -1.39. The molecule has 2 fully saturated rings. The van der Waals surface area contributed by atoms with Crippen LogP contribution in [-0.2, 0) is 11.3 Å². The van der Waals surface area contributed by atoms with E-state index in [0.29, 0.717) is 43.4 Å². The highest BCUT2D eigenvalue weighted by molar-refractivity contribution is 5.76. The topological polar surface area (TPSA) is 58.4 Å². The van der Waals surface area contributed by atoms with E-state index in [0.717, 1.165) is 25.8 Å². The molecule has 2 bridgehead atoms. The summed E-state index contributed by atoms with van der Waals surface area (Å²) >= 11 is 0. The second-order valence-corrected chi connectivity index (χ2v) is 7.12. The van der Waals surface area contributed by atoms with Crippen LogP contribution in [0.15, 0.2) is 30.3 Å². The Labute approximate surface area is 139 Å². The van der Waals surface area contributed by atoms with E-state index < -0.39 is 0 Å². The van der Waals surface area contributed by atoms with E-state index in [9.17, 15) is 4.79 Å². The summed E-state index contributed by atoms with van der Waals surface area (Å²) < 4.78 is 0. The van der Waals surface area contributed by atoms with E-state index >= 15 is 0 Å². The summed E-state index contributed by atoms with van der Waals surface area (Å²) in [6.07, 6.45) is 6.48. The van der Waals surface area contributed by atoms with Crippen LogP contribution in [0.5, 0.6) is 0 Å². The van der Waals surface area contributed by atoms with Gasteiger partial charge in [0.2, 0.25) is 5.91 Å². The predicted molar refractivity (Wildman–Crippen MR) is 92.8 cm³/mol. The summed E-state index contributed by atoms with van der Waals surface area (Å²) in [6.45, 7) is 2.11. The SMILES string of the molecule is NCCCN(Cc1ccccc1)C(=O)CC1CC2CCC(C1)N2. The number of carbonyl (C=O) groups excluding carboxylic acids is 1. The molecular weight excluding hydrogens is 286 g/mol. The lowest BCUT2D eigenvalue weighted by atomic mass is 9.89. The Bertz CT molecular complexity index is 493. The van der Waals surface area contributed by atoms with Crippen LogP contribution < -0.4 is 11.1 Å². The molecule has 0 saturated carbocycles. The van der Waals surface area contributed by atoms with E-state index in [1.54, 1.807) is 0 Å². The third-order valence-electron chi connectivity index (χ3n) is 5.24. The maximum Gasteiger partial charge on any atom is 0.223 e. The summed E-state index contributed by atoms with van der Waals surface area (Å²) in [5, 5.41) is 3.66. The third-order valence-corrected chi connectivity index (χ3v) is 5.24. The predicted octanol–water partition coefficient (Wildman–Crippen LogP) is 2.28. The minimum Gasteiger partial charge on any atom is -0.338 e. The molecule has 0 aliphatic carbocycles. The molecule has 3 rings (SSSR count). The highest BCUT2D eigenvalue weighted by Crippen LogP contribution is 2.33. The molecule has 2 unspecified atom stereocenters. The highest BCUT2D eigenvalue weighted by atomic mass is 16.2. The molecule has 3 N–H and O–H groups in total. The van der Waals surface area contributed by atoms with Crippen molar-refractivity contribution in [2.45, 2.75) is 57.2 Å². The number of amides is 1. The largest absolute Gasteiger partial charge is 0.338 e. The number of hydrogen-bond donors (Lipinski definition) is 2. The number of piperidine rings is 1. The molecule has 1 amide bonds. The summed E-state index contributed by atoms with van der Waals surface area (Å²) in [5.41, 5.74) is 6.85. The molecule has 2 atom stereocenters. The summed E-state index contributed by atoms with van der Waals surface area (Å²) in [6, 6.07) is 11.6. The van der Waals surface area contributed by atoms with Crippen molar-refractivity contribution in [3.63, 3.8) is 0 Å². The van der Waals surface area contributed by atoms with Crippen LogP contribution in [0.25, 0.3) is 0 Å². The lowest BCUT2D eigenvalue weighted by molar-refractivity contribution is -0.133. The maximum atomic E-state index is 12.8. The van der Waals surface area contributed by atoms with E-state index in [4.69, 9.17) is 5.73 Å². The number of nitrogens with one attached hydrogen (secondary N) is 1. The monoisotopic (exact) mass is 315 g/mol. The van der Waals surface area contributed by atoms with Gasteiger partial charge in [0, 0.05) is 31.6 Å². The number of rotatable bonds is 7. The summed E-state index contributed by atoms with van der Waals surface area (Å²) in [7, 11) is 0. The van der Waals surface area contributed by atoms with Gasteiger partial charge in [0.15, 0.2) is 0 Å². The van der Waals surface area contributed by atoms with Gasteiger partial charge in [-0.15, -0.1) is 0 Å². The molecule has 1 aromatic carbocycles. The minimum absolute atomic E-state index is 0.300. The van der Waals surface area contributed by atoms with Crippen molar-refractivity contribution in [1.82, 2.24) is 10.2 Å². The number of nitrogens with two attached hydrogens (primary N) is 1. The van der Waals surface area contributed by atoms with Gasteiger partial charge < -0.3 is 16.0 Å². The lowest BCUT2D eigenvalue weighted by Crippen LogP contribution is -2.40. The molecular formula is C19H29N3O. The average molecular weight is 315 g/mol. The van der Waals surface area contributed by atoms with E-state index in [1.165, 1.54) is 18.4 Å². The van der Waals surface area contributed by atoms with Crippen molar-refractivity contribution >= 4 is 5.91 Å². The molecule has 126 valence electrons. The smallest absolute Gasteiger partial charge is 0.223 e. The number of nitrogens with zero attached hydrogens (tertiary/aromatic N) is 1. The van der Waals surface area contributed by atoms with Crippen LogP contribution in [0.3, 0.4) is 0 Å². The Balaban J connectivity index is 1.58. The molecule has 1 aromatic rings. The number of benzene rings is 1. The van der Waals surface area contributed by atoms with Crippen molar-refractivity contribution in [3.8, 4) is 0 Å². The Morgan fingerprint density at radius 3 is 2.52 bits per heavy atom. The second kappa shape index (κ2) is 7.93. The van der Waals surface area contributed by atoms with Gasteiger partial charge in [0.25, 0.3) is 0 Å². The van der Waals surface area contributed by atoms with Gasteiger partial charge in [0.1, 0.15) is 0 Å². The molecule has 2 aliphatic rings. The van der Waals surface area contributed by atoms with Crippen LogP contribution in [0.1, 0.15) is 44.1 Å². The second-order valence-electron chi connectivity index (χ2n) is 7.12. The molecule has 0 spiro atoms. The van der Waals surface area contributed by atoms with Crippen LogP contribution in [-0.4, -0.2) is 36.0 Å². The van der Waals surface area contributed by atoms with Gasteiger partial charge in [-0.1, -0.05) is 30.3 Å². The first-order valence-corrected chi connectivity index (χ1v) is 9.02. The van der Waals surface area contributed by atoms with E-state index in [1.807, 2.05) is 23.1 Å². The van der Waals surface area contributed by atoms with E-state index in [2.05, 4.69) is 17.4 Å². The molecule has 4 heteroatoms. The van der Waals surface area contributed by atoms with Gasteiger partial charge in [0.05, 0.1) is 0 Å². The molecule has 4 nitrogen and oxygen atoms in total. The standard InChI is InChI=1S/C19H29N3O/c20-9-4-10-22(14-15-5-2-1-3-6-15)19(23)13-16-11-17-7-8-18(12-16)21-17/h1-3,5-6,16-18,21H,4,7-14,20H2.